The number of nitrogens with one attached hydrogen (secondary N) is 2. The minimum absolute atomic E-state index is 0.123. The third kappa shape index (κ3) is 5.75. The highest BCUT2D eigenvalue weighted by Crippen LogP contribution is 2.27. The number of anilines is 2. The van der Waals surface area contributed by atoms with Crippen molar-refractivity contribution in [2.24, 2.45) is 0 Å². The van der Waals surface area contributed by atoms with Crippen LogP contribution < -0.4 is 14.8 Å². The highest BCUT2D eigenvalue weighted by Gasteiger charge is 2.17. The molecule has 1 aromatic heterocycles. The lowest BCUT2D eigenvalue weighted by Crippen LogP contribution is -2.22. The second-order valence-electron chi connectivity index (χ2n) is 6.04. The quantitative estimate of drug-likeness (QED) is 0.489. The summed E-state index contributed by atoms with van der Waals surface area (Å²) in [6.45, 7) is 1.82. The van der Waals surface area contributed by atoms with Crippen molar-refractivity contribution in [3.8, 4) is 5.75 Å². The fraction of sp³-hybridized carbons (Fsp3) is 0.150. The van der Waals surface area contributed by atoms with Gasteiger partial charge in [0.1, 0.15) is 9.96 Å². The standard InChI is InChI=1S/C20H20N2O4S3/c1-14(20(23)21-15-5-9-17(26-2)10-6-15)28-18-11-7-16(8-12-18)22-29(24,25)19-4-3-13-27-19/h3-14,22H,1-2H3,(H,21,23). The van der Waals surface area contributed by atoms with Gasteiger partial charge in [-0.15, -0.1) is 23.1 Å². The molecular weight excluding hydrogens is 428 g/mol. The van der Waals surface area contributed by atoms with Crippen LogP contribution in [0.4, 0.5) is 11.4 Å². The summed E-state index contributed by atoms with van der Waals surface area (Å²) in [5.41, 5.74) is 1.17. The molecule has 2 N–H and O–H groups in total. The van der Waals surface area contributed by atoms with Crippen molar-refractivity contribution in [1.82, 2.24) is 0 Å². The van der Waals surface area contributed by atoms with Crippen LogP contribution in [0.15, 0.2) is 75.1 Å². The Morgan fingerprint density at radius 2 is 1.69 bits per heavy atom. The molecule has 0 radical (unpaired) electrons. The predicted octanol–water partition coefficient (Wildman–Crippen LogP) is 4.68. The molecule has 1 atom stereocenters. The Morgan fingerprint density at radius 3 is 2.28 bits per heavy atom. The highest BCUT2D eigenvalue weighted by atomic mass is 32.2. The molecule has 0 aliphatic heterocycles. The summed E-state index contributed by atoms with van der Waals surface area (Å²) in [5.74, 6) is 0.600. The number of ether oxygens (including phenoxy) is 1. The van der Waals surface area contributed by atoms with Gasteiger partial charge in [0, 0.05) is 16.3 Å². The van der Waals surface area contributed by atoms with E-state index < -0.39 is 10.0 Å². The average molecular weight is 449 g/mol. The molecule has 1 amide bonds. The van der Waals surface area contributed by atoms with E-state index in [0.717, 1.165) is 22.0 Å². The fourth-order valence-corrected chi connectivity index (χ4v) is 5.32. The molecule has 2 aromatic carbocycles. The number of hydrogen-bond donors (Lipinski definition) is 2. The summed E-state index contributed by atoms with van der Waals surface area (Å²) < 4.78 is 32.4. The van der Waals surface area contributed by atoms with Gasteiger partial charge < -0.3 is 10.1 Å². The number of thioether (sulfide) groups is 1. The zero-order valence-corrected chi connectivity index (χ0v) is 18.2. The molecule has 0 spiro atoms. The number of carbonyl (C=O) groups is 1. The van der Waals surface area contributed by atoms with Crippen LogP contribution in [0.5, 0.6) is 5.75 Å². The van der Waals surface area contributed by atoms with E-state index in [1.807, 2.05) is 6.92 Å². The minimum atomic E-state index is -3.57. The van der Waals surface area contributed by atoms with E-state index in [9.17, 15) is 13.2 Å². The van der Waals surface area contributed by atoms with Crippen molar-refractivity contribution in [3.05, 3.63) is 66.0 Å². The van der Waals surface area contributed by atoms with E-state index >= 15 is 0 Å². The summed E-state index contributed by atoms with van der Waals surface area (Å²) in [6.07, 6.45) is 0. The molecule has 0 saturated carbocycles. The first kappa shape index (κ1) is 21.2. The molecule has 0 bridgehead atoms. The second kappa shape index (κ2) is 9.34. The van der Waals surface area contributed by atoms with Crippen molar-refractivity contribution >= 4 is 50.4 Å². The Labute approximate surface area is 178 Å². The molecule has 1 unspecified atom stereocenters. The summed E-state index contributed by atoms with van der Waals surface area (Å²) in [7, 11) is -1.98. The normalized spacial score (nSPS) is 12.2. The van der Waals surface area contributed by atoms with Gasteiger partial charge in [-0.05, 0) is 66.9 Å². The maximum Gasteiger partial charge on any atom is 0.271 e. The van der Waals surface area contributed by atoms with Crippen LogP contribution in [-0.2, 0) is 14.8 Å². The lowest BCUT2D eigenvalue weighted by molar-refractivity contribution is -0.115. The van der Waals surface area contributed by atoms with Crippen molar-refractivity contribution in [2.75, 3.05) is 17.1 Å². The third-order valence-corrected chi connectivity index (χ3v) is 7.80. The van der Waals surface area contributed by atoms with E-state index in [2.05, 4.69) is 10.0 Å². The topological polar surface area (TPSA) is 84.5 Å². The smallest absolute Gasteiger partial charge is 0.271 e. The number of rotatable bonds is 8. The molecule has 1 heterocycles. The fourth-order valence-electron chi connectivity index (χ4n) is 2.40. The van der Waals surface area contributed by atoms with Crippen LogP contribution in [0.25, 0.3) is 0 Å². The summed E-state index contributed by atoms with van der Waals surface area (Å²) in [4.78, 5) is 13.3. The number of thiophene rings is 1. The molecule has 3 rings (SSSR count). The first-order valence-corrected chi connectivity index (χ1v) is 11.9. The van der Waals surface area contributed by atoms with E-state index in [1.54, 1.807) is 73.2 Å². The van der Waals surface area contributed by atoms with Gasteiger partial charge in [-0.2, -0.15) is 0 Å². The Balaban J connectivity index is 1.57. The molecule has 3 aromatic rings. The van der Waals surface area contributed by atoms with Crippen LogP contribution in [0.2, 0.25) is 0 Å². The maximum absolute atomic E-state index is 12.4. The first-order valence-electron chi connectivity index (χ1n) is 8.65. The summed E-state index contributed by atoms with van der Waals surface area (Å²) in [6, 6.07) is 17.3. The Hall–Kier alpha value is -2.49. The second-order valence-corrected chi connectivity index (χ2v) is 10.3. The van der Waals surface area contributed by atoms with Gasteiger partial charge in [-0.25, -0.2) is 8.42 Å². The van der Waals surface area contributed by atoms with Gasteiger partial charge in [-0.1, -0.05) is 6.07 Å². The monoisotopic (exact) mass is 448 g/mol. The number of hydrogen-bond acceptors (Lipinski definition) is 6. The number of carbonyl (C=O) groups excluding carboxylic acids is 1. The summed E-state index contributed by atoms with van der Waals surface area (Å²) in [5, 5.41) is 4.25. The molecule has 9 heteroatoms. The van der Waals surface area contributed by atoms with Crippen LogP contribution in [0.3, 0.4) is 0 Å². The SMILES string of the molecule is COc1ccc(NC(=O)C(C)Sc2ccc(NS(=O)(=O)c3cccs3)cc2)cc1. The van der Waals surface area contributed by atoms with Crippen LogP contribution in [-0.4, -0.2) is 26.7 Å². The molecule has 0 aliphatic carbocycles. The van der Waals surface area contributed by atoms with E-state index in [-0.39, 0.29) is 15.4 Å². The molecule has 152 valence electrons. The van der Waals surface area contributed by atoms with Crippen LogP contribution >= 0.6 is 23.1 Å². The average Bonchev–Trinajstić information content (AvgIpc) is 3.26. The van der Waals surface area contributed by atoms with Crippen molar-refractivity contribution in [2.45, 2.75) is 21.3 Å². The number of amides is 1. The zero-order chi connectivity index (χ0) is 20.9. The molecule has 6 nitrogen and oxygen atoms in total. The molecular formula is C20H20N2O4S3. The Kier molecular flexibility index (Phi) is 6.83. The van der Waals surface area contributed by atoms with Gasteiger partial charge in [0.05, 0.1) is 12.4 Å². The molecule has 0 fully saturated rings. The molecule has 0 aliphatic rings. The van der Waals surface area contributed by atoms with Crippen LogP contribution in [0, 0.1) is 0 Å². The molecule has 29 heavy (non-hydrogen) atoms. The third-order valence-electron chi connectivity index (χ3n) is 3.91. The van der Waals surface area contributed by atoms with Crippen LogP contribution in [0.1, 0.15) is 6.92 Å². The van der Waals surface area contributed by atoms with Gasteiger partial charge in [0.15, 0.2) is 0 Å². The van der Waals surface area contributed by atoms with E-state index in [4.69, 9.17) is 4.74 Å². The molecule has 0 saturated heterocycles. The number of benzene rings is 2. The van der Waals surface area contributed by atoms with Gasteiger partial charge >= 0.3 is 0 Å². The maximum atomic E-state index is 12.4. The first-order chi connectivity index (χ1) is 13.9. The number of methoxy groups -OCH3 is 1. The van der Waals surface area contributed by atoms with Gasteiger partial charge in [-0.3, -0.25) is 9.52 Å². The lowest BCUT2D eigenvalue weighted by Gasteiger charge is -2.13. The Bertz CT molecular complexity index is 1050. The Morgan fingerprint density at radius 1 is 1.03 bits per heavy atom. The number of sulfonamides is 1. The largest absolute Gasteiger partial charge is 0.497 e. The van der Waals surface area contributed by atoms with Gasteiger partial charge in [0.25, 0.3) is 10.0 Å². The predicted molar refractivity (Wildman–Crippen MR) is 119 cm³/mol. The summed E-state index contributed by atoms with van der Waals surface area (Å²) >= 11 is 2.55. The van der Waals surface area contributed by atoms with Crippen molar-refractivity contribution in [3.63, 3.8) is 0 Å². The highest BCUT2D eigenvalue weighted by molar-refractivity contribution is 8.00. The lowest BCUT2D eigenvalue weighted by atomic mass is 10.3. The minimum Gasteiger partial charge on any atom is -0.497 e. The van der Waals surface area contributed by atoms with E-state index in [1.165, 1.54) is 11.8 Å². The van der Waals surface area contributed by atoms with Crippen molar-refractivity contribution < 1.29 is 17.9 Å². The zero-order valence-electron chi connectivity index (χ0n) is 15.8. The van der Waals surface area contributed by atoms with E-state index in [0.29, 0.717) is 11.4 Å². The van der Waals surface area contributed by atoms with Crippen molar-refractivity contribution in [1.29, 1.82) is 0 Å². The van der Waals surface area contributed by atoms with Gasteiger partial charge in [0.2, 0.25) is 5.91 Å².